The molecule has 1 aromatic rings. The lowest BCUT2D eigenvalue weighted by Gasteiger charge is -2.25. The highest BCUT2D eigenvalue weighted by Gasteiger charge is 2.35. The summed E-state index contributed by atoms with van der Waals surface area (Å²) in [7, 11) is 0. The van der Waals surface area contributed by atoms with E-state index in [1.165, 1.54) is 0 Å². The number of ether oxygens (including phenoxy) is 1. The van der Waals surface area contributed by atoms with Gasteiger partial charge in [0.1, 0.15) is 0 Å². The van der Waals surface area contributed by atoms with Crippen LogP contribution in [0.15, 0.2) is 28.7 Å². The Bertz CT molecular complexity index is 528. The van der Waals surface area contributed by atoms with Gasteiger partial charge in [0.15, 0.2) is 0 Å². The van der Waals surface area contributed by atoms with Crippen LogP contribution in [0.2, 0.25) is 0 Å². The number of esters is 1. The molecule has 0 bridgehead atoms. The van der Waals surface area contributed by atoms with E-state index in [0.29, 0.717) is 18.7 Å². The van der Waals surface area contributed by atoms with Gasteiger partial charge in [-0.25, -0.2) is 0 Å². The van der Waals surface area contributed by atoms with Gasteiger partial charge in [-0.05, 0) is 47.8 Å². The number of rotatable bonds is 6. The minimum Gasteiger partial charge on any atom is -0.466 e. The van der Waals surface area contributed by atoms with Gasteiger partial charge < -0.3 is 9.64 Å². The molecule has 21 heavy (non-hydrogen) atoms. The topological polar surface area (TPSA) is 46.6 Å². The number of carbonyl (C=O) groups excluding carboxylic acids is 2. The van der Waals surface area contributed by atoms with E-state index in [1.807, 2.05) is 23.1 Å². The van der Waals surface area contributed by atoms with E-state index in [1.54, 1.807) is 19.9 Å². The molecule has 2 rings (SSSR count). The smallest absolute Gasteiger partial charge is 0.310 e. The molecule has 0 aromatic heterocycles. The Balaban J connectivity index is 2.11. The average molecular weight is 354 g/mol. The molecule has 1 saturated carbocycles. The molecule has 0 saturated heterocycles. The fourth-order valence-electron chi connectivity index (χ4n) is 2.23. The van der Waals surface area contributed by atoms with Crippen LogP contribution in [-0.4, -0.2) is 36.0 Å². The van der Waals surface area contributed by atoms with Crippen molar-refractivity contribution in [3.8, 4) is 0 Å². The number of hydrogen-bond acceptors (Lipinski definition) is 3. The zero-order chi connectivity index (χ0) is 15.4. The summed E-state index contributed by atoms with van der Waals surface area (Å²) in [6.45, 7) is 4.37. The number of carbonyl (C=O) groups is 2. The van der Waals surface area contributed by atoms with Gasteiger partial charge in [0, 0.05) is 17.1 Å². The van der Waals surface area contributed by atoms with Crippen LogP contribution < -0.4 is 0 Å². The van der Waals surface area contributed by atoms with Crippen LogP contribution in [0.3, 0.4) is 0 Å². The second-order valence-electron chi connectivity index (χ2n) is 5.32. The van der Waals surface area contributed by atoms with E-state index in [4.69, 9.17) is 4.74 Å². The summed E-state index contributed by atoms with van der Waals surface area (Å²) in [5.41, 5.74) is 0.639. The normalized spacial score (nSPS) is 15.4. The Morgan fingerprint density at radius 2 is 2.05 bits per heavy atom. The molecule has 0 spiro atoms. The summed E-state index contributed by atoms with van der Waals surface area (Å²) < 4.78 is 5.81. The van der Waals surface area contributed by atoms with E-state index < -0.39 is 0 Å². The molecule has 0 radical (unpaired) electrons. The first-order valence-corrected chi connectivity index (χ1v) is 8.06. The third kappa shape index (κ3) is 4.06. The van der Waals surface area contributed by atoms with Crippen molar-refractivity contribution >= 4 is 27.8 Å². The van der Waals surface area contributed by atoms with Crippen LogP contribution in [0.4, 0.5) is 0 Å². The van der Waals surface area contributed by atoms with Crippen LogP contribution in [0.5, 0.6) is 0 Å². The molecule has 0 aliphatic heterocycles. The van der Waals surface area contributed by atoms with Crippen LogP contribution in [0, 0.1) is 5.92 Å². The Morgan fingerprint density at radius 1 is 1.38 bits per heavy atom. The molecule has 0 heterocycles. The lowest BCUT2D eigenvalue weighted by atomic mass is 10.1. The van der Waals surface area contributed by atoms with E-state index in [9.17, 15) is 9.59 Å². The van der Waals surface area contributed by atoms with Gasteiger partial charge in [0.2, 0.25) is 0 Å². The predicted octanol–water partition coefficient (Wildman–Crippen LogP) is 3.25. The summed E-state index contributed by atoms with van der Waals surface area (Å²) in [4.78, 5) is 26.3. The van der Waals surface area contributed by atoms with Gasteiger partial charge >= 0.3 is 5.97 Å². The third-order valence-electron chi connectivity index (χ3n) is 3.51. The molecule has 1 aliphatic rings. The SMILES string of the molecule is CCOC(=O)C(C)CN(C(=O)c1ccccc1Br)C1CC1. The number of halogens is 1. The lowest BCUT2D eigenvalue weighted by molar-refractivity contribution is -0.147. The highest BCUT2D eigenvalue weighted by molar-refractivity contribution is 9.10. The molecule has 4 nitrogen and oxygen atoms in total. The Morgan fingerprint density at radius 3 is 2.62 bits per heavy atom. The minimum atomic E-state index is -0.308. The average Bonchev–Trinajstić information content (AvgIpc) is 3.29. The highest BCUT2D eigenvalue weighted by atomic mass is 79.9. The van der Waals surface area contributed by atoms with Gasteiger partial charge in [0.25, 0.3) is 5.91 Å². The van der Waals surface area contributed by atoms with Gasteiger partial charge in [-0.2, -0.15) is 0 Å². The maximum atomic E-state index is 12.7. The monoisotopic (exact) mass is 353 g/mol. The van der Waals surface area contributed by atoms with Gasteiger partial charge in [0.05, 0.1) is 18.1 Å². The lowest BCUT2D eigenvalue weighted by Crippen LogP contribution is -2.39. The first-order chi connectivity index (χ1) is 10.0. The fourth-order valence-corrected chi connectivity index (χ4v) is 2.68. The summed E-state index contributed by atoms with van der Waals surface area (Å²) >= 11 is 3.42. The number of hydrogen-bond donors (Lipinski definition) is 0. The molecular formula is C16H20BrNO3. The summed E-state index contributed by atoms with van der Waals surface area (Å²) in [5.74, 6) is -0.582. The maximum absolute atomic E-state index is 12.7. The summed E-state index contributed by atoms with van der Waals surface area (Å²) in [6.07, 6.45) is 2.01. The van der Waals surface area contributed by atoms with Crippen LogP contribution in [0.1, 0.15) is 37.0 Å². The van der Waals surface area contributed by atoms with Crippen LogP contribution >= 0.6 is 15.9 Å². The predicted molar refractivity (Wildman–Crippen MR) is 84.0 cm³/mol. The number of benzene rings is 1. The first-order valence-electron chi connectivity index (χ1n) is 7.26. The second-order valence-corrected chi connectivity index (χ2v) is 6.18. The van der Waals surface area contributed by atoms with Gasteiger partial charge in [-0.15, -0.1) is 0 Å². The van der Waals surface area contributed by atoms with Crippen molar-refractivity contribution in [3.05, 3.63) is 34.3 Å². The van der Waals surface area contributed by atoms with Crippen molar-refractivity contribution in [3.63, 3.8) is 0 Å². The molecule has 1 aromatic carbocycles. The van der Waals surface area contributed by atoms with E-state index >= 15 is 0 Å². The van der Waals surface area contributed by atoms with Crippen molar-refractivity contribution in [2.24, 2.45) is 5.92 Å². The second kappa shape index (κ2) is 7.07. The molecule has 1 aliphatic carbocycles. The van der Waals surface area contributed by atoms with Crippen LogP contribution in [-0.2, 0) is 9.53 Å². The maximum Gasteiger partial charge on any atom is 0.310 e. The Labute approximate surface area is 133 Å². The largest absolute Gasteiger partial charge is 0.466 e. The Hall–Kier alpha value is -1.36. The highest BCUT2D eigenvalue weighted by Crippen LogP contribution is 2.30. The standard InChI is InChI=1S/C16H20BrNO3/c1-3-21-16(20)11(2)10-18(12-8-9-12)15(19)13-6-4-5-7-14(13)17/h4-7,11-12H,3,8-10H2,1-2H3. The van der Waals surface area contributed by atoms with E-state index in [-0.39, 0.29) is 23.8 Å². The summed E-state index contributed by atoms with van der Waals surface area (Å²) in [6, 6.07) is 7.63. The Kier molecular flexibility index (Phi) is 5.39. The number of nitrogens with zero attached hydrogens (tertiary/aromatic N) is 1. The molecule has 114 valence electrons. The van der Waals surface area contributed by atoms with E-state index in [0.717, 1.165) is 17.3 Å². The summed E-state index contributed by atoms with van der Waals surface area (Å²) in [5, 5.41) is 0. The quantitative estimate of drug-likeness (QED) is 0.737. The first kappa shape index (κ1) is 16.0. The molecule has 1 unspecified atom stereocenters. The van der Waals surface area contributed by atoms with Gasteiger partial charge in [-0.3, -0.25) is 9.59 Å². The zero-order valence-corrected chi connectivity index (χ0v) is 13.9. The van der Waals surface area contributed by atoms with Gasteiger partial charge in [-0.1, -0.05) is 19.1 Å². The van der Waals surface area contributed by atoms with Crippen molar-refractivity contribution in [2.75, 3.05) is 13.2 Å². The fraction of sp³-hybridized carbons (Fsp3) is 0.500. The van der Waals surface area contributed by atoms with Crippen molar-refractivity contribution in [2.45, 2.75) is 32.7 Å². The molecule has 1 atom stereocenters. The van der Waals surface area contributed by atoms with E-state index in [2.05, 4.69) is 15.9 Å². The van der Waals surface area contributed by atoms with Crippen molar-refractivity contribution in [1.82, 2.24) is 4.90 Å². The molecule has 1 amide bonds. The molecule has 0 N–H and O–H groups in total. The van der Waals surface area contributed by atoms with Crippen molar-refractivity contribution in [1.29, 1.82) is 0 Å². The molecule has 1 fully saturated rings. The van der Waals surface area contributed by atoms with Crippen molar-refractivity contribution < 1.29 is 14.3 Å². The zero-order valence-electron chi connectivity index (χ0n) is 12.3. The third-order valence-corrected chi connectivity index (χ3v) is 4.20. The number of amides is 1. The molecular weight excluding hydrogens is 334 g/mol. The molecule has 5 heteroatoms. The van der Waals surface area contributed by atoms with Crippen LogP contribution in [0.25, 0.3) is 0 Å². The minimum absolute atomic E-state index is 0.0267.